The van der Waals surface area contributed by atoms with E-state index in [1.54, 1.807) is 38.1 Å². The lowest BCUT2D eigenvalue weighted by atomic mass is 9.79. The molecule has 9 heteroatoms. The number of carbonyl (C=O) groups is 2. The number of anilines is 1. The van der Waals surface area contributed by atoms with Crippen LogP contribution >= 0.6 is 0 Å². The Morgan fingerprint density at radius 3 is 2.61 bits per heavy atom. The maximum absolute atomic E-state index is 14.0. The van der Waals surface area contributed by atoms with E-state index >= 15 is 0 Å². The van der Waals surface area contributed by atoms with Gasteiger partial charge in [-0.1, -0.05) is 36.4 Å². The van der Waals surface area contributed by atoms with Crippen molar-refractivity contribution in [2.75, 3.05) is 11.9 Å². The third kappa shape index (κ3) is 4.71. The number of nitrogens with zero attached hydrogens (tertiary/aromatic N) is 4. The van der Waals surface area contributed by atoms with E-state index in [9.17, 15) is 18.4 Å². The normalized spacial score (nSPS) is 18.0. The van der Waals surface area contributed by atoms with Gasteiger partial charge in [-0.25, -0.2) is 13.8 Å². The molecule has 3 heterocycles. The number of hydrogen-bond acceptors (Lipinski definition) is 4. The van der Waals surface area contributed by atoms with Crippen molar-refractivity contribution in [3.8, 4) is 0 Å². The molecule has 208 valence electrons. The van der Waals surface area contributed by atoms with Gasteiger partial charge in [0.15, 0.2) is 0 Å². The van der Waals surface area contributed by atoms with Gasteiger partial charge in [-0.3, -0.25) is 14.3 Å². The number of aryl methyl sites for hydroxylation is 2. The Labute approximate surface area is 236 Å². The van der Waals surface area contributed by atoms with Gasteiger partial charge in [0, 0.05) is 31.4 Å². The second-order valence-electron chi connectivity index (χ2n) is 10.9. The van der Waals surface area contributed by atoms with Crippen LogP contribution in [0.4, 0.5) is 14.6 Å². The minimum atomic E-state index is -0.698. The fraction of sp³-hybridized carbons (Fsp3) is 0.250. The van der Waals surface area contributed by atoms with Gasteiger partial charge in [0.25, 0.3) is 5.91 Å². The van der Waals surface area contributed by atoms with Gasteiger partial charge in [0.1, 0.15) is 23.1 Å². The van der Waals surface area contributed by atoms with E-state index in [1.807, 2.05) is 36.4 Å². The first-order chi connectivity index (χ1) is 19.6. The summed E-state index contributed by atoms with van der Waals surface area (Å²) < 4.78 is 29.6. The first kappa shape index (κ1) is 26.6. The Morgan fingerprint density at radius 2 is 1.88 bits per heavy atom. The smallest absolute Gasteiger partial charge is 0.272 e. The molecule has 1 aliphatic carbocycles. The van der Waals surface area contributed by atoms with Crippen LogP contribution in [0.2, 0.25) is 0 Å². The summed E-state index contributed by atoms with van der Waals surface area (Å²) in [6.07, 6.45) is 6.66. The molecule has 6 rings (SSSR count). The molecule has 2 amide bonds. The lowest BCUT2D eigenvalue weighted by molar-refractivity contribution is -0.120. The van der Waals surface area contributed by atoms with Gasteiger partial charge in [-0.05, 0) is 73.2 Å². The zero-order valence-electron chi connectivity index (χ0n) is 23.0. The van der Waals surface area contributed by atoms with E-state index in [2.05, 4.69) is 21.5 Å². The summed E-state index contributed by atoms with van der Waals surface area (Å²) >= 11 is 0. The average molecular weight is 554 g/mol. The van der Waals surface area contributed by atoms with Gasteiger partial charge in [0.2, 0.25) is 5.91 Å². The molecule has 41 heavy (non-hydrogen) atoms. The van der Waals surface area contributed by atoms with Gasteiger partial charge in [-0.15, -0.1) is 0 Å². The number of fused-ring (bicyclic) bond motifs is 3. The molecule has 0 bridgehead atoms. The largest absolute Gasteiger partial charge is 0.327 e. The summed E-state index contributed by atoms with van der Waals surface area (Å²) in [5.74, 6) is -1.09. The van der Waals surface area contributed by atoms with Crippen LogP contribution in [0, 0.1) is 18.6 Å². The highest BCUT2D eigenvalue weighted by atomic mass is 19.1. The predicted octanol–water partition coefficient (Wildman–Crippen LogP) is 5.31. The number of benzene rings is 2. The van der Waals surface area contributed by atoms with Gasteiger partial charge in [-0.2, -0.15) is 5.10 Å². The van der Waals surface area contributed by atoms with Crippen molar-refractivity contribution in [1.82, 2.24) is 19.7 Å². The first-order valence-corrected chi connectivity index (χ1v) is 13.5. The molecule has 2 atom stereocenters. The number of pyridine rings is 1. The molecule has 2 aromatic heterocycles. The van der Waals surface area contributed by atoms with Crippen LogP contribution in [-0.2, 0) is 30.1 Å². The zero-order chi connectivity index (χ0) is 28.9. The summed E-state index contributed by atoms with van der Waals surface area (Å²) in [5.41, 5.74) is 4.87. The minimum absolute atomic E-state index is 0.0261. The highest BCUT2D eigenvalue weighted by Gasteiger charge is 2.51. The third-order valence-corrected chi connectivity index (χ3v) is 8.13. The molecule has 0 radical (unpaired) electrons. The molecule has 0 fully saturated rings. The molecule has 2 aromatic carbocycles. The summed E-state index contributed by atoms with van der Waals surface area (Å²) in [7, 11) is 1.69. The first-order valence-electron chi connectivity index (χ1n) is 13.5. The molecule has 4 aromatic rings. The van der Waals surface area contributed by atoms with Crippen LogP contribution in [0.25, 0.3) is 6.08 Å². The van der Waals surface area contributed by atoms with Crippen molar-refractivity contribution in [3.05, 3.63) is 118 Å². The van der Waals surface area contributed by atoms with Gasteiger partial charge < -0.3 is 10.2 Å². The topological polar surface area (TPSA) is 80.1 Å². The fourth-order valence-corrected chi connectivity index (χ4v) is 6.06. The van der Waals surface area contributed by atoms with Gasteiger partial charge >= 0.3 is 0 Å². The van der Waals surface area contributed by atoms with Crippen LogP contribution in [0.3, 0.4) is 0 Å². The molecule has 1 N–H and O–H groups in total. The van der Waals surface area contributed by atoms with E-state index in [4.69, 9.17) is 0 Å². The zero-order valence-corrected chi connectivity index (χ0v) is 23.0. The molecule has 0 saturated heterocycles. The highest BCUT2D eigenvalue weighted by molar-refractivity contribution is 6.06. The summed E-state index contributed by atoms with van der Waals surface area (Å²) in [6.45, 7) is 3.75. The Morgan fingerprint density at radius 1 is 1.12 bits per heavy atom. The SMILES string of the molecule is Cc1cc(C(=O)N(C/C=C/c2ccc3c(c2)C[C@@]2(C3)C(=O)Nc3ncccc32)[C@H](C)c2cc(F)cc(F)c2)n(C)n1. The van der Waals surface area contributed by atoms with Crippen LogP contribution in [0.5, 0.6) is 0 Å². The summed E-state index contributed by atoms with van der Waals surface area (Å²) in [6, 6.07) is 14.3. The van der Waals surface area contributed by atoms with Crippen LogP contribution in [-0.4, -0.2) is 38.0 Å². The Balaban J connectivity index is 1.26. The number of halogens is 2. The van der Waals surface area contributed by atoms with E-state index in [0.717, 1.165) is 28.3 Å². The number of aromatic nitrogens is 3. The van der Waals surface area contributed by atoms with E-state index in [-0.39, 0.29) is 18.4 Å². The lowest BCUT2D eigenvalue weighted by Gasteiger charge is -2.28. The molecule has 0 saturated carbocycles. The van der Waals surface area contributed by atoms with Crippen LogP contribution < -0.4 is 5.32 Å². The van der Waals surface area contributed by atoms with Crippen molar-refractivity contribution in [1.29, 1.82) is 0 Å². The number of amides is 2. The standard InChI is InChI=1S/C32H29F2N5O2/c1-19-12-28(38(3)37-19)30(40)39(20(2)23-14-25(33)16-26(34)15-23)11-5-6-21-8-9-22-17-32(18-24(22)13-21)27-7-4-10-35-29(27)36-31(32)41/h4-10,12-16,20H,11,17-18H2,1-3H3,(H,35,36,41)/b6-5+/t20-,32-/m1/s1. The molecule has 2 aliphatic rings. The van der Waals surface area contributed by atoms with Gasteiger partial charge in [0.05, 0.1) is 17.2 Å². The Kier molecular flexibility index (Phi) is 6.52. The third-order valence-electron chi connectivity index (χ3n) is 8.13. The maximum atomic E-state index is 14.0. The summed E-state index contributed by atoms with van der Waals surface area (Å²) in [4.78, 5) is 32.6. The molecular formula is C32H29F2N5O2. The Bertz CT molecular complexity index is 1710. The fourth-order valence-electron chi connectivity index (χ4n) is 6.06. The van der Waals surface area contributed by atoms with Crippen molar-refractivity contribution in [2.45, 2.75) is 38.1 Å². The molecular weight excluding hydrogens is 524 g/mol. The molecule has 7 nitrogen and oxygen atoms in total. The van der Waals surface area contributed by atoms with Crippen molar-refractivity contribution < 1.29 is 18.4 Å². The summed E-state index contributed by atoms with van der Waals surface area (Å²) in [5, 5.41) is 7.22. The quantitative estimate of drug-likeness (QED) is 0.351. The van der Waals surface area contributed by atoms with Crippen LogP contribution in [0.15, 0.2) is 66.9 Å². The number of carbonyl (C=O) groups excluding carboxylic acids is 2. The minimum Gasteiger partial charge on any atom is -0.327 e. The number of nitrogens with one attached hydrogen (secondary N) is 1. The molecule has 0 unspecified atom stereocenters. The lowest BCUT2D eigenvalue weighted by Crippen LogP contribution is -2.35. The van der Waals surface area contributed by atoms with Crippen LogP contribution in [0.1, 0.15) is 57.0 Å². The van der Waals surface area contributed by atoms with E-state index in [0.29, 0.717) is 35.6 Å². The Hall–Kier alpha value is -4.66. The van der Waals surface area contributed by atoms with Crippen molar-refractivity contribution in [2.24, 2.45) is 7.05 Å². The average Bonchev–Trinajstić information content (AvgIpc) is 3.57. The molecule has 1 aliphatic heterocycles. The van der Waals surface area contributed by atoms with Crippen molar-refractivity contribution in [3.63, 3.8) is 0 Å². The number of rotatable bonds is 6. The molecule has 1 spiro atoms. The monoisotopic (exact) mass is 553 g/mol. The van der Waals surface area contributed by atoms with E-state index in [1.165, 1.54) is 16.8 Å². The predicted molar refractivity (Wildman–Crippen MR) is 151 cm³/mol. The number of hydrogen-bond donors (Lipinski definition) is 1. The maximum Gasteiger partial charge on any atom is 0.272 e. The van der Waals surface area contributed by atoms with E-state index < -0.39 is 23.1 Å². The second kappa shape index (κ2) is 10.1. The van der Waals surface area contributed by atoms with Crippen molar-refractivity contribution >= 4 is 23.7 Å². The second-order valence-corrected chi connectivity index (χ2v) is 10.9. The highest BCUT2D eigenvalue weighted by Crippen LogP contribution is 2.46.